The Morgan fingerprint density at radius 2 is 1.78 bits per heavy atom. The molecule has 1 aromatic carbocycles. The highest BCUT2D eigenvalue weighted by Crippen LogP contribution is 2.26. The Kier molecular flexibility index (Phi) is 10.1. The Balaban J connectivity index is 1.98. The highest BCUT2D eigenvalue weighted by Gasteiger charge is 2.30. The molecular formula is C23H36N5O4+. The van der Waals surface area contributed by atoms with Gasteiger partial charge in [0.1, 0.15) is 0 Å². The SMILES string of the molecule is CCCC(CNC(=O)C(NCC(=O)O)C1CCCCC1)C(=O)Nc1ccc(C(N)=[NH2+])cc1. The van der Waals surface area contributed by atoms with E-state index in [1.54, 1.807) is 24.3 Å². The summed E-state index contributed by atoms with van der Waals surface area (Å²) in [6.07, 6.45) is 6.40. The number of nitrogens with two attached hydrogens (primary N) is 2. The van der Waals surface area contributed by atoms with E-state index in [9.17, 15) is 14.4 Å². The minimum Gasteiger partial charge on any atom is -0.480 e. The first-order valence-corrected chi connectivity index (χ1v) is 11.3. The van der Waals surface area contributed by atoms with Gasteiger partial charge in [0.15, 0.2) is 0 Å². The van der Waals surface area contributed by atoms with Gasteiger partial charge in [-0.2, -0.15) is 0 Å². The molecule has 2 unspecified atom stereocenters. The first-order valence-electron chi connectivity index (χ1n) is 11.3. The Morgan fingerprint density at radius 3 is 2.34 bits per heavy atom. The van der Waals surface area contributed by atoms with Gasteiger partial charge in [-0.3, -0.25) is 30.8 Å². The molecule has 1 saturated carbocycles. The number of carboxylic acid groups (broad SMARTS) is 1. The van der Waals surface area contributed by atoms with Crippen LogP contribution >= 0.6 is 0 Å². The Labute approximate surface area is 189 Å². The maximum Gasteiger partial charge on any atom is 0.317 e. The summed E-state index contributed by atoms with van der Waals surface area (Å²) in [7, 11) is 0. The summed E-state index contributed by atoms with van der Waals surface area (Å²) in [5, 5.41) is 23.3. The summed E-state index contributed by atoms with van der Waals surface area (Å²) in [4.78, 5) is 36.8. The third kappa shape index (κ3) is 7.96. The highest BCUT2D eigenvalue weighted by atomic mass is 16.4. The van der Waals surface area contributed by atoms with E-state index in [-0.39, 0.29) is 36.7 Å². The van der Waals surface area contributed by atoms with E-state index in [1.165, 1.54) is 0 Å². The monoisotopic (exact) mass is 446 g/mol. The van der Waals surface area contributed by atoms with Gasteiger partial charge in [0.2, 0.25) is 11.8 Å². The molecule has 2 amide bonds. The molecule has 9 heteroatoms. The summed E-state index contributed by atoms with van der Waals surface area (Å²) in [5.41, 5.74) is 6.87. The van der Waals surface area contributed by atoms with Crippen molar-refractivity contribution in [1.82, 2.24) is 10.6 Å². The molecule has 1 fully saturated rings. The average Bonchev–Trinajstić information content (AvgIpc) is 2.77. The molecule has 0 radical (unpaired) electrons. The van der Waals surface area contributed by atoms with Crippen LogP contribution in [0.15, 0.2) is 24.3 Å². The van der Waals surface area contributed by atoms with Gasteiger partial charge in [-0.05, 0) is 49.4 Å². The molecular weight excluding hydrogens is 410 g/mol. The number of nitrogens with one attached hydrogen (secondary N) is 3. The number of carbonyl (C=O) groups is 3. The largest absolute Gasteiger partial charge is 0.480 e. The van der Waals surface area contributed by atoms with E-state index < -0.39 is 17.9 Å². The van der Waals surface area contributed by atoms with Crippen molar-refractivity contribution >= 4 is 29.3 Å². The van der Waals surface area contributed by atoms with Crippen molar-refractivity contribution in [2.45, 2.75) is 57.9 Å². The number of carbonyl (C=O) groups excluding carboxylic acids is 2. The molecule has 1 aliphatic rings. The number of rotatable bonds is 12. The molecule has 1 aliphatic carbocycles. The van der Waals surface area contributed by atoms with Crippen LogP contribution in [0.25, 0.3) is 0 Å². The minimum absolute atomic E-state index is 0.104. The third-order valence-electron chi connectivity index (χ3n) is 5.89. The smallest absolute Gasteiger partial charge is 0.317 e. The van der Waals surface area contributed by atoms with Crippen molar-refractivity contribution in [3.8, 4) is 0 Å². The second kappa shape index (κ2) is 12.8. The second-order valence-electron chi connectivity index (χ2n) is 8.40. The molecule has 0 bridgehead atoms. The van der Waals surface area contributed by atoms with Crippen molar-refractivity contribution in [1.29, 1.82) is 0 Å². The van der Waals surface area contributed by atoms with Crippen LogP contribution < -0.4 is 27.1 Å². The quantitative estimate of drug-likeness (QED) is 0.199. The zero-order chi connectivity index (χ0) is 23.5. The summed E-state index contributed by atoms with van der Waals surface area (Å²) in [6, 6.07) is 6.34. The number of benzene rings is 1. The Morgan fingerprint density at radius 1 is 1.12 bits per heavy atom. The fraction of sp³-hybridized carbons (Fsp3) is 0.565. The van der Waals surface area contributed by atoms with E-state index in [1.807, 2.05) is 6.92 Å². The molecule has 176 valence electrons. The van der Waals surface area contributed by atoms with Crippen LogP contribution in [0, 0.1) is 11.8 Å². The Hall–Kier alpha value is -2.94. The van der Waals surface area contributed by atoms with Crippen LogP contribution in [0.1, 0.15) is 57.4 Å². The maximum atomic E-state index is 12.9. The normalized spacial score (nSPS) is 16.0. The highest BCUT2D eigenvalue weighted by molar-refractivity contribution is 5.95. The summed E-state index contributed by atoms with van der Waals surface area (Å²) in [5.74, 6) is -1.52. The van der Waals surface area contributed by atoms with Crippen molar-refractivity contribution < 1.29 is 24.9 Å². The van der Waals surface area contributed by atoms with Gasteiger partial charge >= 0.3 is 5.97 Å². The van der Waals surface area contributed by atoms with Crippen LogP contribution in [0.5, 0.6) is 0 Å². The lowest BCUT2D eigenvalue weighted by molar-refractivity contribution is -0.136. The van der Waals surface area contributed by atoms with Crippen molar-refractivity contribution in [2.75, 3.05) is 18.4 Å². The fourth-order valence-electron chi connectivity index (χ4n) is 4.14. The van der Waals surface area contributed by atoms with Crippen molar-refractivity contribution in [3.05, 3.63) is 29.8 Å². The molecule has 8 N–H and O–H groups in total. The number of hydrogen-bond donors (Lipinski definition) is 6. The van der Waals surface area contributed by atoms with Gasteiger partial charge in [0.25, 0.3) is 5.84 Å². The van der Waals surface area contributed by atoms with Crippen molar-refractivity contribution in [3.63, 3.8) is 0 Å². The first-order chi connectivity index (χ1) is 15.3. The van der Waals surface area contributed by atoms with Gasteiger partial charge in [0.05, 0.1) is 24.1 Å². The minimum atomic E-state index is -0.998. The molecule has 0 aromatic heterocycles. The van der Waals surface area contributed by atoms with Gasteiger partial charge in [0, 0.05) is 12.2 Å². The fourth-order valence-corrected chi connectivity index (χ4v) is 4.14. The molecule has 0 heterocycles. The predicted molar refractivity (Wildman–Crippen MR) is 123 cm³/mol. The number of amidine groups is 1. The molecule has 0 saturated heterocycles. The molecule has 2 rings (SSSR count). The van der Waals surface area contributed by atoms with Gasteiger partial charge in [-0.15, -0.1) is 0 Å². The molecule has 0 spiro atoms. The lowest BCUT2D eigenvalue weighted by Crippen LogP contribution is -2.52. The van der Waals surface area contributed by atoms with Crippen LogP contribution in [-0.2, 0) is 14.4 Å². The molecule has 2 atom stereocenters. The predicted octanol–water partition coefficient (Wildman–Crippen LogP) is 0.245. The summed E-state index contributed by atoms with van der Waals surface area (Å²) >= 11 is 0. The number of amides is 2. The summed E-state index contributed by atoms with van der Waals surface area (Å²) < 4.78 is 0. The van der Waals surface area contributed by atoms with E-state index in [0.29, 0.717) is 17.7 Å². The zero-order valence-corrected chi connectivity index (χ0v) is 18.7. The molecule has 0 aliphatic heterocycles. The zero-order valence-electron chi connectivity index (χ0n) is 18.7. The van der Waals surface area contributed by atoms with E-state index in [2.05, 4.69) is 16.0 Å². The van der Waals surface area contributed by atoms with Crippen LogP contribution in [-0.4, -0.2) is 47.9 Å². The lowest BCUT2D eigenvalue weighted by atomic mass is 9.83. The number of hydrogen-bond acceptors (Lipinski definition) is 4. The number of aliphatic carboxylic acids is 1. The number of anilines is 1. The standard InChI is InChI=1S/C23H35N5O4/c1-2-6-17(22(31)28-18-11-9-16(10-12-18)21(24)25)13-27-23(32)20(26-14-19(29)30)15-7-4-3-5-8-15/h9-12,15,17,20,26H,2-8,13-14H2,1H3,(H3,24,25)(H,27,32)(H,28,31)(H,29,30)/p+1. The first kappa shape index (κ1) is 25.3. The van der Waals surface area contributed by atoms with Crippen LogP contribution in [0.3, 0.4) is 0 Å². The van der Waals surface area contributed by atoms with Crippen LogP contribution in [0.2, 0.25) is 0 Å². The lowest BCUT2D eigenvalue weighted by Gasteiger charge is -2.30. The Bertz CT molecular complexity index is 790. The molecule has 32 heavy (non-hydrogen) atoms. The molecule has 9 nitrogen and oxygen atoms in total. The number of carboxylic acids is 1. The van der Waals surface area contributed by atoms with Crippen molar-refractivity contribution in [2.24, 2.45) is 17.6 Å². The maximum absolute atomic E-state index is 12.9. The molecule has 1 aromatic rings. The summed E-state index contributed by atoms with van der Waals surface area (Å²) in [6.45, 7) is 1.91. The van der Waals surface area contributed by atoms with Gasteiger partial charge in [-0.1, -0.05) is 32.6 Å². The van der Waals surface area contributed by atoms with E-state index in [4.69, 9.17) is 16.2 Å². The van der Waals surface area contributed by atoms with E-state index >= 15 is 0 Å². The average molecular weight is 447 g/mol. The van der Waals surface area contributed by atoms with Gasteiger partial charge in [-0.25, -0.2) is 0 Å². The van der Waals surface area contributed by atoms with E-state index in [0.717, 1.165) is 38.5 Å². The van der Waals surface area contributed by atoms with Crippen LogP contribution in [0.4, 0.5) is 5.69 Å². The van der Waals surface area contributed by atoms with Gasteiger partial charge < -0.3 is 15.7 Å². The topological polar surface area (TPSA) is 159 Å². The third-order valence-corrected chi connectivity index (χ3v) is 5.89. The second-order valence-corrected chi connectivity index (χ2v) is 8.40.